The summed E-state index contributed by atoms with van der Waals surface area (Å²) in [7, 11) is 1.68. The van der Waals surface area contributed by atoms with Gasteiger partial charge in [-0.1, -0.05) is 17.3 Å². The van der Waals surface area contributed by atoms with E-state index in [4.69, 9.17) is 15.0 Å². The molecule has 1 amide bonds. The Morgan fingerprint density at radius 3 is 2.71 bits per heavy atom. The van der Waals surface area contributed by atoms with Crippen molar-refractivity contribution >= 4 is 28.7 Å². The minimum atomic E-state index is 0.148. The number of amides is 1. The Balaban J connectivity index is 1.16. The van der Waals surface area contributed by atoms with Gasteiger partial charge in [-0.05, 0) is 11.6 Å². The predicted molar refractivity (Wildman–Crippen MR) is 138 cm³/mol. The van der Waals surface area contributed by atoms with Gasteiger partial charge in [-0.3, -0.25) is 14.4 Å². The number of likely N-dealkylation sites (tertiary alicyclic amines) is 2. The Bertz CT molecular complexity index is 1500. The summed E-state index contributed by atoms with van der Waals surface area (Å²) < 4.78 is 12.6. The molecule has 6 rings (SSSR count). The highest BCUT2D eigenvalue weighted by Gasteiger charge is 2.52. The minimum Gasteiger partial charge on any atom is -0.496 e. The summed E-state index contributed by atoms with van der Waals surface area (Å²) in [6.45, 7) is 8.79. The molecule has 1 aromatic carbocycles. The summed E-state index contributed by atoms with van der Waals surface area (Å²) >= 11 is 0. The lowest BCUT2D eigenvalue weighted by atomic mass is 9.72. The van der Waals surface area contributed by atoms with Gasteiger partial charge in [0.2, 0.25) is 17.7 Å². The topological polar surface area (TPSA) is 153 Å². The van der Waals surface area contributed by atoms with Gasteiger partial charge in [0.05, 0.1) is 26.4 Å². The van der Waals surface area contributed by atoms with Gasteiger partial charge in [0.25, 0.3) is 0 Å². The van der Waals surface area contributed by atoms with Crippen LogP contribution in [0.15, 0.2) is 28.9 Å². The molecule has 4 aromatic rings. The molecule has 2 aliphatic rings. The Hall–Kier alpha value is -4.26. The number of carbonyl (C=O) groups is 1. The smallest absolute Gasteiger partial charge is 0.223 e. The lowest BCUT2D eigenvalue weighted by molar-refractivity contribution is -0.157. The van der Waals surface area contributed by atoms with Gasteiger partial charge in [-0.25, -0.2) is 4.98 Å². The molecule has 1 spiro atoms. The van der Waals surface area contributed by atoms with Crippen LogP contribution >= 0.6 is 0 Å². The zero-order valence-electron chi connectivity index (χ0n) is 21.6. The molecule has 13 nitrogen and oxygen atoms in total. The molecule has 0 radical (unpaired) electrons. The van der Waals surface area contributed by atoms with Crippen LogP contribution in [0, 0.1) is 12.3 Å². The molecule has 0 atom stereocenters. The molecule has 3 N–H and O–H groups in total. The summed E-state index contributed by atoms with van der Waals surface area (Å²) in [5, 5.41) is 11.7. The van der Waals surface area contributed by atoms with Crippen LogP contribution in [0.3, 0.4) is 0 Å². The quantitative estimate of drug-likeness (QED) is 0.348. The molecule has 3 aromatic heterocycles. The third kappa shape index (κ3) is 4.49. The standard InChI is InChI=1S/C25H30N10O3/c1-15-29-21(32-38-15)8-27-23-22-19(30-24(26)31-23)7-28-35(22)10-18-5-4-17(6-20(18)37-3)9-33-11-25(12-33)13-34(14-25)16(2)36/h4-7H,8-14H2,1-3H3,(H3,26,27,30,31). The number of hydrogen-bond donors (Lipinski definition) is 2. The average molecular weight is 519 g/mol. The number of ether oxygens (including phenoxy) is 1. The van der Waals surface area contributed by atoms with Crippen molar-refractivity contribution in [3.63, 3.8) is 0 Å². The molecule has 0 aliphatic carbocycles. The fraction of sp³-hybridized carbons (Fsp3) is 0.440. The molecule has 2 fully saturated rings. The molecule has 0 saturated carbocycles. The number of aromatic nitrogens is 6. The summed E-state index contributed by atoms with van der Waals surface area (Å²) in [6, 6.07) is 6.29. The average Bonchev–Trinajstić information content (AvgIpc) is 3.44. The van der Waals surface area contributed by atoms with Crippen molar-refractivity contribution in [2.24, 2.45) is 5.41 Å². The Labute approximate surface area is 219 Å². The first-order valence-electron chi connectivity index (χ1n) is 12.5. The van der Waals surface area contributed by atoms with Crippen LogP contribution in [0.2, 0.25) is 0 Å². The number of methoxy groups -OCH3 is 1. The molecular formula is C25H30N10O3. The van der Waals surface area contributed by atoms with Gasteiger partial charge in [0, 0.05) is 57.5 Å². The number of aryl methyl sites for hydroxylation is 1. The first kappa shape index (κ1) is 24.1. The van der Waals surface area contributed by atoms with Crippen molar-refractivity contribution in [1.29, 1.82) is 0 Å². The van der Waals surface area contributed by atoms with Gasteiger partial charge >= 0.3 is 0 Å². The maximum absolute atomic E-state index is 11.5. The van der Waals surface area contributed by atoms with Crippen molar-refractivity contribution < 1.29 is 14.1 Å². The highest BCUT2D eigenvalue weighted by atomic mass is 16.5. The van der Waals surface area contributed by atoms with E-state index in [-0.39, 0.29) is 17.3 Å². The zero-order chi connectivity index (χ0) is 26.4. The van der Waals surface area contributed by atoms with Crippen molar-refractivity contribution in [2.45, 2.75) is 33.5 Å². The molecule has 2 saturated heterocycles. The number of nitrogens with zero attached hydrogens (tertiary/aromatic N) is 8. The molecule has 198 valence electrons. The third-order valence-corrected chi connectivity index (χ3v) is 7.18. The van der Waals surface area contributed by atoms with E-state index in [9.17, 15) is 4.79 Å². The van der Waals surface area contributed by atoms with Gasteiger partial charge in [0.15, 0.2) is 11.6 Å². The van der Waals surface area contributed by atoms with Gasteiger partial charge < -0.3 is 25.2 Å². The lowest BCUT2D eigenvalue weighted by Crippen LogP contribution is -2.72. The van der Waals surface area contributed by atoms with Gasteiger partial charge in [-0.15, -0.1) is 0 Å². The fourth-order valence-corrected chi connectivity index (χ4v) is 5.47. The summed E-state index contributed by atoms with van der Waals surface area (Å²) in [4.78, 5) is 28.8. The Kier molecular flexibility index (Phi) is 5.86. The number of anilines is 2. The van der Waals surface area contributed by atoms with Crippen LogP contribution in [-0.4, -0.2) is 78.9 Å². The Morgan fingerprint density at radius 2 is 2.00 bits per heavy atom. The van der Waals surface area contributed by atoms with E-state index in [1.54, 1.807) is 27.2 Å². The number of nitrogens with two attached hydrogens (primary N) is 1. The van der Waals surface area contributed by atoms with Crippen LogP contribution in [0.5, 0.6) is 5.75 Å². The molecule has 13 heteroatoms. The monoisotopic (exact) mass is 518 g/mol. The van der Waals surface area contributed by atoms with Crippen LogP contribution in [-0.2, 0) is 24.4 Å². The minimum absolute atomic E-state index is 0.148. The number of benzene rings is 1. The third-order valence-electron chi connectivity index (χ3n) is 7.18. The molecule has 38 heavy (non-hydrogen) atoms. The van der Waals surface area contributed by atoms with E-state index in [0.717, 1.165) is 49.6 Å². The largest absolute Gasteiger partial charge is 0.496 e. The summed E-state index contributed by atoms with van der Waals surface area (Å²) in [5.74, 6) is 2.65. The second kappa shape index (κ2) is 9.24. The van der Waals surface area contributed by atoms with Crippen LogP contribution < -0.4 is 15.8 Å². The second-order valence-electron chi connectivity index (χ2n) is 10.2. The van der Waals surface area contributed by atoms with E-state index in [2.05, 4.69) is 53.6 Å². The van der Waals surface area contributed by atoms with Crippen LogP contribution in [0.4, 0.5) is 11.8 Å². The predicted octanol–water partition coefficient (Wildman–Crippen LogP) is 1.43. The fourth-order valence-electron chi connectivity index (χ4n) is 5.47. The summed E-state index contributed by atoms with van der Waals surface area (Å²) in [6.07, 6.45) is 1.67. The molecule has 0 bridgehead atoms. The maximum Gasteiger partial charge on any atom is 0.223 e. The van der Waals surface area contributed by atoms with E-state index in [1.165, 1.54) is 5.56 Å². The molecular weight excluding hydrogens is 488 g/mol. The molecule has 2 aliphatic heterocycles. The van der Waals surface area contributed by atoms with Crippen molar-refractivity contribution in [3.05, 3.63) is 47.2 Å². The van der Waals surface area contributed by atoms with Crippen molar-refractivity contribution in [1.82, 2.24) is 39.7 Å². The van der Waals surface area contributed by atoms with Crippen LogP contribution in [0.25, 0.3) is 11.0 Å². The number of fused-ring (bicyclic) bond motifs is 1. The number of nitrogens with one attached hydrogen (secondary N) is 1. The number of rotatable bonds is 8. The molecule has 5 heterocycles. The first-order chi connectivity index (χ1) is 18.3. The van der Waals surface area contributed by atoms with Gasteiger partial charge in [0.1, 0.15) is 16.8 Å². The second-order valence-corrected chi connectivity index (χ2v) is 10.2. The number of carbonyl (C=O) groups excluding carboxylic acids is 1. The SMILES string of the molecule is COc1cc(CN2CC3(C2)CN(C(C)=O)C3)ccc1Cn1ncc2nc(N)nc(NCc3noc(C)n3)c21. The Morgan fingerprint density at radius 1 is 1.18 bits per heavy atom. The van der Waals surface area contributed by atoms with Crippen molar-refractivity contribution in [3.8, 4) is 5.75 Å². The summed E-state index contributed by atoms with van der Waals surface area (Å²) in [5.41, 5.74) is 9.74. The number of hydrogen-bond acceptors (Lipinski definition) is 11. The molecule has 0 unspecified atom stereocenters. The lowest BCUT2D eigenvalue weighted by Gasteiger charge is -2.60. The van der Waals surface area contributed by atoms with E-state index < -0.39 is 0 Å². The maximum atomic E-state index is 11.5. The van der Waals surface area contributed by atoms with Gasteiger partial charge in [-0.2, -0.15) is 15.1 Å². The van der Waals surface area contributed by atoms with E-state index in [0.29, 0.717) is 36.1 Å². The van der Waals surface area contributed by atoms with E-state index in [1.807, 2.05) is 9.58 Å². The van der Waals surface area contributed by atoms with Crippen molar-refractivity contribution in [2.75, 3.05) is 44.3 Å². The highest BCUT2D eigenvalue weighted by Crippen LogP contribution is 2.40. The highest BCUT2D eigenvalue weighted by molar-refractivity contribution is 5.86. The number of nitrogen functional groups attached to an aromatic ring is 1. The normalized spacial score (nSPS) is 16.4. The van der Waals surface area contributed by atoms with E-state index >= 15 is 0 Å². The first-order valence-corrected chi connectivity index (χ1v) is 12.5. The zero-order valence-corrected chi connectivity index (χ0v) is 21.6. The van der Waals surface area contributed by atoms with Crippen LogP contribution in [0.1, 0.15) is 29.8 Å².